The maximum absolute atomic E-state index is 5.67. The maximum atomic E-state index is 5.67. The van der Waals surface area contributed by atoms with Crippen LogP contribution in [0.5, 0.6) is 0 Å². The second-order valence-corrected chi connectivity index (χ2v) is 5.73. The van der Waals surface area contributed by atoms with Crippen molar-refractivity contribution < 1.29 is 18.9 Å². The topological polar surface area (TPSA) is 36.9 Å². The highest BCUT2D eigenvalue weighted by Gasteiger charge is 2.07. The van der Waals surface area contributed by atoms with Gasteiger partial charge in [-0.3, -0.25) is 0 Å². The van der Waals surface area contributed by atoms with Gasteiger partial charge in [0, 0.05) is 19.6 Å². The van der Waals surface area contributed by atoms with Gasteiger partial charge < -0.3 is 18.9 Å². The maximum Gasteiger partial charge on any atom is 0.188 e. The molecule has 0 unspecified atom stereocenters. The molecule has 0 N–H and O–H groups in total. The van der Waals surface area contributed by atoms with E-state index >= 15 is 0 Å². The van der Waals surface area contributed by atoms with E-state index in [1.165, 1.54) is 25.7 Å². The quantitative estimate of drug-likeness (QED) is 0.191. The predicted octanol–water partition coefficient (Wildman–Crippen LogP) is 5.42. The molecule has 0 saturated carbocycles. The first-order chi connectivity index (χ1) is 11.3. The van der Waals surface area contributed by atoms with Gasteiger partial charge in [-0.1, -0.05) is 46.5 Å². The summed E-state index contributed by atoms with van der Waals surface area (Å²) in [5.41, 5.74) is 0. The first kappa shape index (κ1) is 22.4. The molecule has 0 aromatic heterocycles. The predicted molar refractivity (Wildman–Crippen MR) is 95.3 cm³/mol. The van der Waals surface area contributed by atoms with Crippen LogP contribution >= 0.6 is 0 Å². The summed E-state index contributed by atoms with van der Waals surface area (Å²) in [5, 5.41) is 0. The molecule has 0 amide bonds. The zero-order valence-electron chi connectivity index (χ0n) is 15.6. The third kappa shape index (κ3) is 17.6. The lowest BCUT2D eigenvalue weighted by molar-refractivity contribution is -0.145. The minimum absolute atomic E-state index is 0.0982. The first-order valence-corrected chi connectivity index (χ1v) is 9.42. The Labute approximate surface area is 143 Å². The molecular weight excluding hydrogens is 292 g/mol. The van der Waals surface area contributed by atoms with Gasteiger partial charge in [-0.15, -0.1) is 0 Å². The highest BCUT2D eigenvalue weighted by Crippen LogP contribution is 2.07. The van der Waals surface area contributed by atoms with E-state index in [-0.39, 0.29) is 6.29 Å². The summed E-state index contributed by atoms with van der Waals surface area (Å²) < 4.78 is 22.1. The fourth-order valence-corrected chi connectivity index (χ4v) is 2.04. The van der Waals surface area contributed by atoms with Crippen LogP contribution in [0.25, 0.3) is 0 Å². The van der Waals surface area contributed by atoms with Crippen LogP contribution in [-0.4, -0.2) is 32.9 Å². The molecule has 0 rings (SSSR count). The van der Waals surface area contributed by atoms with Gasteiger partial charge in [0.05, 0.1) is 12.9 Å². The molecule has 0 atom stereocenters. The summed E-state index contributed by atoms with van der Waals surface area (Å²) in [4.78, 5) is 0. The van der Waals surface area contributed by atoms with Crippen molar-refractivity contribution in [2.24, 2.45) is 0 Å². The van der Waals surface area contributed by atoms with Gasteiger partial charge in [0.15, 0.2) is 13.1 Å². The number of unbranched alkanes of at least 4 members (excludes halogenated alkanes) is 4. The Balaban J connectivity index is 3.45. The van der Waals surface area contributed by atoms with Crippen LogP contribution in [0, 0.1) is 0 Å². The van der Waals surface area contributed by atoms with Gasteiger partial charge in [-0.25, -0.2) is 0 Å². The van der Waals surface area contributed by atoms with Crippen molar-refractivity contribution >= 4 is 0 Å². The Kier molecular flexibility index (Phi) is 19.0. The summed E-state index contributed by atoms with van der Waals surface area (Å²) in [5.74, 6) is 0. The lowest BCUT2D eigenvalue weighted by Gasteiger charge is -2.17. The summed E-state index contributed by atoms with van der Waals surface area (Å²) >= 11 is 0. The molecule has 0 aromatic carbocycles. The molecule has 0 bridgehead atoms. The minimum atomic E-state index is -0.0982. The van der Waals surface area contributed by atoms with Crippen molar-refractivity contribution in [3.63, 3.8) is 0 Å². The van der Waals surface area contributed by atoms with Crippen LogP contribution in [0.3, 0.4) is 0 Å². The van der Waals surface area contributed by atoms with E-state index in [0.29, 0.717) is 6.79 Å². The average molecular weight is 331 g/mol. The first-order valence-electron chi connectivity index (χ1n) is 9.42. The van der Waals surface area contributed by atoms with Crippen LogP contribution in [0.15, 0.2) is 12.3 Å². The third-order valence-corrected chi connectivity index (χ3v) is 3.32. The van der Waals surface area contributed by atoms with Gasteiger partial charge in [0.1, 0.15) is 0 Å². The van der Waals surface area contributed by atoms with Crippen LogP contribution in [0.1, 0.15) is 78.6 Å². The Morgan fingerprint density at radius 1 is 0.783 bits per heavy atom. The Morgan fingerprint density at radius 3 is 2.13 bits per heavy atom. The second kappa shape index (κ2) is 19.5. The molecule has 0 radical (unpaired) electrons. The van der Waals surface area contributed by atoms with Crippen LogP contribution < -0.4 is 0 Å². The largest absolute Gasteiger partial charge is 0.475 e. The highest BCUT2D eigenvalue weighted by molar-refractivity contribution is 4.73. The molecule has 4 heteroatoms. The number of hydrogen-bond acceptors (Lipinski definition) is 4. The van der Waals surface area contributed by atoms with E-state index in [4.69, 9.17) is 18.9 Å². The van der Waals surface area contributed by atoms with Crippen LogP contribution in [0.2, 0.25) is 0 Å². The van der Waals surface area contributed by atoms with Crippen molar-refractivity contribution in [2.75, 3.05) is 26.6 Å². The average Bonchev–Trinajstić information content (AvgIpc) is 2.57. The molecule has 0 aliphatic heterocycles. The molecule has 138 valence electrons. The van der Waals surface area contributed by atoms with E-state index in [0.717, 1.165) is 51.9 Å². The smallest absolute Gasteiger partial charge is 0.188 e. The monoisotopic (exact) mass is 330 g/mol. The van der Waals surface area contributed by atoms with Crippen LogP contribution in [-0.2, 0) is 18.9 Å². The van der Waals surface area contributed by atoms with Crippen molar-refractivity contribution in [1.82, 2.24) is 0 Å². The summed E-state index contributed by atoms with van der Waals surface area (Å²) in [7, 11) is 0. The molecule has 0 spiro atoms. The van der Waals surface area contributed by atoms with E-state index in [2.05, 4.69) is 20.8 Å². The Morgan fingerprint density at radius 2 is 1.48 bits per heavy atom. The van der Waals surface area contributed by atoms with Gasteiger partial charge in [-0.2, -0.15) is 0 Å². The zero-order chi connectivity index (χ0) is 17.0. The van der Waals surface area contributed by atoms with E-state index in [1.807, 2.05) is 6.08 Å². The summed E-state index contributed by atoms with van der Waals surface area (Å²) in [6.45, 7) is 9.07. The normalized spacial score (nSPS) is 11.7. The molecule has 0 aliphatic carbocycles. The molecule has 0 fully saturated rings. The number of hydrogen-bond donors (Lipinski definition) is 0. The molecule has 23 heavy (non-hydrogen) atoms. The fourth-order valence-electron chi connectivity index (χ4n) is 2.04. The van der Waals surface area contributed by atoms with Gasteiger partial charge in [-0.05, 0) is 31.8 Å². The lowest BCUT2D eigenvalue weighted by Crippen LogP contribution is -2.18. The molecule has 4 nitrogen and oxygen atoms in total. The van der Waals surface area contributed by atoms with Crippen molar-refractivity contribution in [1.29, 1.82) is 0 Å². The van der Waals surface area contributed by atoms with Crippen molar-refractivity contribution in [3.05, 3.63) is 12.3 Å². The van der Waals surface area contributed by atoms with Crippen molar-refractivity contribution in [3.8, 4) is 0 Å². The lowest BCUT2D eigenvalue weighted by atomic mass is 10.2. The zero-order valence-corrected chi connectivity index (χ0v) is 15.6. The summed E-state index contributed by atoms with van der Waals surface area (Å²) in [6, 6.07) is 0. The molecule has 0 aliphatic rings. The standard InChI is InChI=1S/C19H38O4/c1-4-7-8-9-11-16-20-18-21-17-12-10-13-19(22-14-5-2)23-15-6-3/h12,17,19H,4-11,13-16,18H2,1-3H3. The number of allylic oxidation sites excluding steroid dienone is 1. The van der Waals surface area contributed by atoms with Crippen molar-refractivity contribution in [2.45, 2.75) is 84.8 Å². The Bertz CT molecular complexity index is 236. The van der Waals surface area contributed by atoms with E-state index in [1.54, 1.807) is 6.26 Å². The molecule has 0 saturated heterocycles. The number of rotatable bonds is 18. The molecule has 0 aromatic rings. The van der Waals surface area contributed by atoms with E-state index < -0.39 is 0 Å². The highest BCUT2D eigenvalue weighted by atomic mass is 16.7. The second-order valence-electron chi connectivity index (χ2n) is 5.73. The number of ether oxygens (including phenoxy) is 4. The van der Waals surface area contributed by atoms with Crippen LogP contribution in [0.4, 0.5) is 0 Å². The van der Waals surface area contributed by atoms with Gasteiger partial charge in [0.2, 0.25) is 0 Å². The third-order valence-electron chi connectivity index (χ3n) is 3.32. The molecular formula is C19H38O4. The van der Waals surface area contributed by atoms with Gasteiger partial charge >= 0.3 is 0 Å². The van der Waals surface area contributed by atoms with Gasteiger partial charge in [0.25, 0.3) is 0 Å². The van der Waals surface area contributed by atoms with E-state index in [9.17, 15) is 0 Å². The SMILES string of the molecule is CCCCCCCOCOC=CCCC(OCCC)OCCC. The molecule has 0 heterocycles. The Hall–Kier alpha value is -0.580. The summed E-state index contributed by atoms with van der Waals surface area (Å²) in [6.07, 6.45) is 13.7. The minimum Gasteiger partial charge on any atom is -0.475 e. The fraction of sp³-hybridized carbons (Fsp3) is 0.895.